The first-order valence-corrected chi connectivity index (χ1v) is 6.10. The van der Waals surface area contributed by atoms with Crippen LogP contribution >= 0.6 is 0 Å². The van der Waals surface area contributed by atoms with Crippen LogP contribution in [0.3, 0.4) is 0 Å². The normalized spacial score (nSPS) is 10.8. The SMILES string of the molecule is CCN(Cc1ccncc1)Cc1ncccc1N. The second kappa shape index (κ2) is 6.12. The molecule has 0 unspecified atom stereocenters. The van der Waals surface area contributed by atoms with E-state index in [2.05, 4.69) is 21.8 Å². The highest BCUT2D eigenvalue weighted by Gasteiger charge is 2.07. The Morgan fingerprint density at radius 2 is 1.89 bits per heavy atom. The van der Waals surface area contributed by atoms with Gasteiger partial charge in [0.25, 0.3) is 0 Å². The smallest absolute Gasteiger partial charge is 0.0772 e. The molecular weight excluding hydrogens is 224 g/mol. The number of rotatable bonds is 5. The summed E-state index contributed by atoms with van der Waals surface area (Å²) in [4.78, 5) is 10.7. The molecule has 0 saturated heterocycles. The fourth-order valence-electron chi connectivity index (χ4n) is 1.82. The third-order valence-corrected chi connectivity index (χ3v) is 2.90. The van der Waals surface area contributed by atoms with Crippen molar-refractivity contribution in [3.05, 3.63) is 54.1 Å². The van der Waals surface area contributed by atoms with Crippen molar-refractivity contribution in [2.75, 3.05) is 12.3 Å². The molecule has 0 spiro atoms. The summed E-state index contributed by atoms with van der Waals surface area (Å²) in [6.45, 7) is 4.75. The monoisotopic (exact) mass is 242 g/mol. The van der Waals surface area contributed by atoms with E-state index in [9.17, 15) is 0 Å². The number of nitrogen functional groups attached to an aromatic ring is 1. The van der Waals surface area contributed by atoms with Crippen molar-refractivity contribution in [2.45, 2.75) is 20.0 Å². The van der Waals surface area contributed by atoms with Gasteiger partial charge in [0.1, 0.15) is 0 Å². The lowest BCUT2D eigenvalue weighted by atomic mass is 10.2. The van der Waals surface area contributed by atoms with Crippen LogP contribution in [0.25, 0.3) is 0 Å². The minimum absolute atomic E-state index is 0.755. The van der Waals surface area contributed by atoms with Gasteiger partial charge in [-0.05, 0) is 36.4 Å². The topological polar surface area (TPSA) is 55.0 Å². The summed E-state index contributed by atoms with van der Waals surface area (Å²) in [5.74, 6) is 0. The molecule has 2 aromatic heterocycles. The Bertz CT molecular complexity index is 484. The first-order valence-electron chi connectivity index (χ1n) is 6.10. The molecule has 94 valence electrons. The van der Waals surface area contributed by atoms with Gasteiger partial charge in [-0.3, -0.25) is 14.9 Å². The first-order chi connectivity index (χ1) is 8.79. The van der Waals surface area contributed by atoms with Crippen molar-refractivity contribution in [2.24, 2.45) is 0 Å². The fraction of sp³-hybridized carbons (Fsp3) is 0.286. The lowest BCUT2D eigenvalue weighted by Gasteiger charge is -2.20. The number of pyridine rings is 2. The zero-order chi connectivity index (χ0) is 12.8. The Kier molecular flexibility index (Phi) is 4.25. The van der Waals surface area contributed by atoms with Gasteiger partial charge in [0, 0.05) is 31.7 Å². The van der Waals surface area contributed by atoms with E-state index >= 15 is 0 Å². The summed E-state index contributed by atoms with van der Waals surface area (Å²) in [7, 11) is 0. The van der Waals surface area contributed by atoms with E-state index in [0.29, 0.717) is 0 Å². The maximum atomic E-state index is 5.92. The Morgan fingerprint density at radius 3 is 2.56 bits per heavy atom. The molecular formula is C14H18N4. The highest BCUT2D eigenvalue weighted by atomic mass is 15.1. The Balaban J connectivity index is 2.04. The molecule has 0 aromatic carbocycles. The summed E-state index contributed by atoms with van der Waals surface area (Å²) < 4.78 is 0. The van der Waals surface area contributed by atoms with Crippen molar-refractivity contribution in [3.8, 4) is 0 Å². The van der Waals surface area contributed by atoms with E-state index in [-0.39, 0.29) is 0 Å². The first kappa shape index (κ1) is 12.5. The maximum Gasteiger partial charge on any atom is 0.0772 e. The zero-order valence-electron chi connectivity index (χ0n) is 10.6. The average molecular weight is 242 g/mol. The molecule has 0 aliphatic rings. The van der Waals surface area contributed by atoms with E-state index in [0.717, 1.165) is 31.0 Å². The standard InChI is InChI=1S/C14H18N4/c1-2-18(10-12-5-8-16-9-6-12)11-14-13(15)4-3-7-17-14/h3-9H,2,10-11,15H2,1H3. The molecule has 0 bridgehead atoms. The van der Waals surface area contributed by atoms with Crippen LogP contribution in [0.15, 0.2) is 42.9 Å². The van der Waals surface area contributed by atoms with Crippen LogP contribution in [-0.2, 0) is 13.1 Å². The Hall–Kier alpha value is -1.94. The highest BCUT2D eigenvalue weighted by molar-refractivity contribution is 5.41. The lowest BCUT2D eigenvalue weighted by Crippen LogP contribution is -2.23. The van der Waals surface area contributed by atoms with E-state index in [1.807, 2.05) is 36.7 Å². The molecule has 0 fully saturated rings. The van der Waals surface area contributed by atoms with Crippen LogP contribution in [0, 0.1) is 0 Å². The van der Waals surface area contributed by atoms with Crippen LogP contribution in [0.1, 0.15) is 18.2 Å². The number of hydrogen-bond acceptors (Lipinski definition) is 4. The third kappa shape index (κ3) is 3.28. The molecule has 0 saturated carbocycles. The van der Waals surface area contributed by atoms with Crippen LogP contribution in [0.5, 0.6) is 0 Å². The van der Waals surface area contributed by atoms with Crippen molar-refractivity contribution < 1.29 is 0 Å². The van der Waals surface area contributed by atoms with Gasteiger partial charge in [0.15, 0.2) is 0 Å². The van der Waals surface area contributed by atoms with Crippen LogP contribution in [-0.4, -0.2) is 21.4 Å². The summed E-state index contributed by atoms with van der Waals surface area (Å²) in [6.07, 6.45) is 5.42. The molecule has 2 N–H and O–H groups in total. The molecule has 4 nitrogen and oxygen atoms in total. The summed E-state index contributed by atoms with van der Waals surface area (Å²) in [5.41, 5.74) is 8.86. The van der Waals surface area contributed by atoms with Gasteiger partial charge in [0.2, 0.25) is 0 Å². The largest absolute Gasteiger partial charge is 0.397 e. The highest BCUT2D eigenvalue weighted by Crippen LogP contribution is 2.12. The molecule has 0 amide bonds. The molecule has 0 atom stereocenters. The molecule has 0 aliphatic carbocycles. The zero-order valence-corrected chi connectivity index (χ0v) is 10.6. The molecule has 18 heavy (non-hydrogen) atoms. The number of anilines is 1. The quantitative estimate of drug-likeness (QED) is 0.872. The van der Waals surface area contributed by atoms with Gasteiger partial charge < -0.3 is 5.73 Å². The summed E-state index contributed by atoms with van der Waals surface area (Å²) in [6, 6.07) is 7.81. The van der Waals surface area contributed by atoms with Gasteiger partial charge >= 0.3 is 0 Å². The van der Waals surface area contributed by atoms with Gasteiger partial charge in [-0.15, -0.1) is 0 Å². The number of aromatic nitrogens is 2. The van der Waals surface area contributed by atoms with E-state index in [1.165, 1.54) is 5.56 Å². The third-order valence-electron chi connectivity index (χ3n) is 2.90. The number of hydrogen-bond donors (Lipinski definition) is 1. The van der Waals surface area contributed by atoms with Crippen molar-refractivity contribution >= 4 is 5.69 Å². The molecule has 0 aliphatic heterocycles. The number of nitrogens with two attached hydrogens (primary N) is 1. The van der Waals surface area contributed by atoms with Crippen molar-refractivity contribution in [3.63, 3.8) is 0 Å². The second-order valence-electron chi connectivity index (χ2n) is 4.20. The van der Waals surface area contributed by atoms with Crippen LogP contribution in [0.2, 0.25) is 0 Å². The Labute approximate surface area is 107 Å². The average Bonchev–Trinajstić information content (AvgIpc) is 2.41. The lowest BCUT2D eigenvalue weighted by molar-refractivity contribution is 0.268. The predicted molar refractivity (Wildman–Crippen MR) is 72.7 cm³/mol. The van der Waals surface area contributed by atoms with Gasteiger partial charge in [-0.1, -0.05) is 6.92 Å². The Morgan fingerprint density at radius 1 is 1.11 bits per heavy atom. The molecule has 2 aromatic rings. The second-order valence-corrected chi connectivity index (χ2v) is 4.20. The molecule has 2 heterocycles. The number of nitrogens with zero attached hydrogens (tertiary/aromatic N) is 3. The van der Waals surface area contributed by atoms with E-state index in [1.54, 1.807) is 6.20 Å². The molecule has 2 rings (SSSR count). The summed E-state index contributed by atoms with van der Waals surface area (Å²) >= 11 is 0. The minimum Gasteiger partial charge on any atom is -0.397 e. The van der Waals surface area contributed by atoms with Crippen LogP contribution < -0.4 is 5.73 Å². The summed E-state index contributed by atoms with van der Waals surface area (Å²) in [5, 5.41) is 0. The van der Waals surface area contributed by atoms with Crippen molar-refractivity contribution in [1.82, 2.24) is 14.9 Å². The minimum atomic E-state index is 0.755. The van der Waals surface area contributed by atoms with Gasteiger partial charge in [0.05, 0.1) is 11.4 Å². The predicted octanol–water partition coefficient (Wildman–Crippen LogP) is 2.08. The van der Waals surface area contributed by atoms with Crippen LogP contribution in [0.4, 0.5) is 5.69 Å². The fourth-order valence-corrected chi connectivity index (χ4v) is 1.82. The molecule has 0 radical (unpaired) electrons. The van der Waals surface area contributed by atoms with Crippen molar-refractivity contribution in [1.29, 1.82) is 0 Å². The van der Waals surface area contributed by atoms with Gasteiger partial charge in [-0.2, -0.15) is 0 Å². The van der Waals surface area contributed by atoms with E-state index in [4.69, 9.17) is 5.73 Å². The maximum absolute atomic E-state index is 5.92. The molecule has 4 heteroatoms. The van der Waals surface area contributed by atoms with Gasteiger partial charge in [-0.25, -0.2) is 0 Å². The van der Waals surface area contributed by atoms with E-state index < -0.39 is 0 Å².